The summed E-state index contributed by atoms with van der Waals surface area (Å²) in [5.74, 6) is -0.142. The molecule has 0 atom stereocenters. The minimum atomic E-state index is -0.142. The van der Waals surface area contributed by atoms with E-state index in [1.54, 1.807) is 41.3 Å². The second-order valence-corrected chi connectivity index (χ2v) is 5.14. The fourth-order valence-corrected chi connectivity index (χ4v) is 2.15. The van der Waals surface area contributed by atoms with Crippen molar-refractivity contribution in [1.29, 1.82) is 0 Å². The first-order valence-corrected chi connectivity index (χ1v) is 7.09. The minimum absolute atomic E-state index is 0.142. The smallest absolute Gasteiger partial charge is 0.251 e. The van der Waals surface area contributed by atoms with Crippen molar-refractivity contribution in [1.82, 2.24) is 20.3 Å². The van der Waals surface area contributed by atoms with Gasteiger partial charge < -0.3 is 5.32 Å². The van der Waals surface area contributed by atoms with E-state index in [4.69, 9.17) is 11.6 Å². The molecule has 3 rings (SSSR count). The van der Waals surface area contributed by atoms with Crippen LogP contribution in [0.5, 0.6) is 0 Å². The monoisotopic (exact) mass is 312 g/mol. The average molecular weight is 313 g/mol. The molecule has 1 N–H and O–H groups in total. The Bertz CT molecular complexity index is 769. The number of nitrogens with zero attached hydrogens (tertiary/aromatic N) is 3. The number of aromatic nitrogens is 3. The lowest BCUT2D eigenvalue weighted by Gasteiger charge is -2.07. The van der Waals surface area contributed by atoms with Gasteiger partial charge in [-0.05, 0) is 35.9 Å². The highest BCUT2D eigenvalue weighted by atomic mass is 35.5. The fraction of sp³-hybridized carbons (Fsp3) is 0.0625. The van der Waals surface area contributed by atoms with E-state index in [2.05, 4.69) is 15.6 Å². The second-order valence-electron chi connectivity index (χ2n) is 4.71. The van der Waals surface area contributed by atoms with Gasteiger partial charge in [0.05, 0.1) is 18.1 Å². The number of benzene rings is 2. The molecule has 110 valence electrons. The van der Waals surface area contributed by atoms with Crippen LogP contribution in [-0.4, -0.2) is 20.9 Å². The van der Waals surface area contributed by atoms with Crippen LogP contribution in [0.25, 0.3) is 5.69 Å². The average Bonchev–Trinajstić information content (AvgIpc) is 3.09. The maximum Gasteiger partial charge on any atom is 0.251 e. The first-order chi connectivity index (χ1) is 10.7. The Labute approximate surface area is 132 Å². The van der Waals surface area contributed by atoms with Crippen molar-refractivity contribution in [2.75, 3.05) is 0 Å². The largest absolute Gasteiger partial charge is 0.348 e. The minimum Gasteiger partial charge on any atom is -0.348 e. The number of hydrogen-bond donors (Lipinski definition) is 1. The number of halogens is 1. The van der Waals surface area contributed by atoms with Gasteiger partial charge in [-0.15, -0.1) is 5.10 Å². The summed E-state index contributed by atoms with van der Waals surface area (Å²) in [4.78, 5) is 12.2. The van der Waals surface area contributed by atoms with Crippen molar-refractivity contribution in [3.05, 3.63) is 77.1 Å². The Hall–Kier alpha value is -2.66. The van der Waals surface area contributed by atoms with E-state index in [9.17, 15) is 4.79 Å². The highest BCUT2D eigenvalue weighted by molar-refractivity contribution is 6.30. The summed E-state index contributed by atoms with van der Waals surface area (Å²) >= 11 is 5.84. The Kier molecular flexibility index (Phi) is 4.16. The van der Waals surface area contributed by atoms with Crippen LogP contribution in [0.15, 0.2) is 60.9 Å². The zero-order valence-corrected chi connectivity index (χ0v) is 12.4. The highest BCUT2D eigenvalue weighted by Crippen LogP contribution is 2.11. The zero-order valence-electron chi connectivity index (χ0n) is 11.6. The number of nitrogens with one attached hydrogen (secondary N) is 1. The first-order valence-electron chi connectivity index (χ1n) is 6.72. The van der Waals surface area contributed by atoms with Crippen molar-refractivity contribution in [2.45, 2.75) is 6.54 Å². The molecule has 3 aromatic rings. The van der Waals surface area contributed by atoms with Crippen LogP contribution in [-0.2, 0) is 6.54 Å². The molecule has 1 aromatic heterocycles. The van der Waals surface area contributed by atoms with Crippen LogP contribution in [0.2, 0.25) is 5.02 Å². The summed E-state index contributed by atoms with van der Waals surface area (Å²) in [6.07, 6.45) is 3.32. The van der Waals surface area contributed by atoms with Gasteiger partial charge in [0.15, 0.2) is 0 Å². The van der Waals surface area contributed by atoms with Crippen molar-refractivity contribution >= 4 is 17.5 Å². The molecule has 0 aliphatic rings. The van der Waals surface area contributed by atoms with Crippen molar-refractivity contribution in [3.8, 4) is 5.69 Å². The summed E-state index contributed by atoms with van der Waals surface area (Å²) < 4.78 is 1.61. The predicted molar refractivity (Wildman–Crippen MR) is 84.0 cm³/mol. The maximum absolute atomic E-state index is 12.2. The van der Waals surface area contributed by atoms with E-state index in [1.165, 1.54) is 0 Å². The molecule has 0 bridgehead atoms. The summed E-state index contributed by atoms with van der Waals surface area (Å²) in [7, 11) is 0. The third-order valence-electron chi connectivity index (χ3n) is 3.16. The SMILES string of the molecule is O=C(NCc1ccc(Cl)cc1)c1cccc(-n2ccnn2)c1. The van der Waals surface area contributed by atoms with Crippen LogP contribution in [0, 0.1) is 0 Å². The Morgan fingerprint density at radius 2 is 2.00 bits per heavy atom. The molecule has 5 nitrogen and oxygen atoms in total. The van der Waals surface area contributed by atoms with Gasteiger partial charge in [0.1, 0.15) is 0 Å². The summed E-state index contributed by atoms with van der Waals surface area (Å²) in [6, 6.07) is 14.6. The Morgan fingerprint density at radius 1 is 1.18 bits per heavy atom. The number of rotatable bonds is 4. The quantitative estimate of drug-likeness (QED) is 0.806. The molecule has 0 aliphatic carbocycles. The standard InChI is InChI=1S/C16H13ClN4O/c17-14-6-4-12(5-7-14)11-18-16(22)13-2-1-3-15(10-13)21-9-8-19-20-21/h1-10H,11H2,(H,18,22). The molecule has 2 aromatic carbocycles. The third-order valence-corrected chi connectivity index (χ3v) is 3.41. The van der Waals surface area contributed by atoms with E-state index in [0.717, 1.165) is 11.3 Å². The van der Waals surface area contributed by atoms with Gasteiger partial charge in [0.2, 0.25) is 0 Å². The molecule has 0 aliphatic heterocycles. The fourth-order valence-electron chi connectivity index (χ4n) is 2.02. The van der Waals surface area contributed by atoms with Crippen LogP contribution >= 0.6 is 11.6 Å². The van der Waals surface area contributed by atoms with Gasteiger partial charge in [0.25, 0.3) is 5.91 Å². The molecule has 1 amide bonds. The van der Waals surface area contributed by atoms with E-state index in [0.29, 0.717) is 17.1 Å². The molecule has 0 unspecified atom stereocenters. The van der Waals surface area contributed by atoms with Crippen LogP contribution in [0.1, 0.15) is 15.9 Å². The Morgan fingerprint density at radius 3 is 2.73 bits per heavy atom. The molecule has 1 heterocycles. The number of amides is 1. The van der Waals surface area contributed by atoms with Gasteiger partial charge in [-0.2, -0.15) is 0 Å². The molecular formula is C16H13ClN4O. The van der Waals surface area contributed by atoms with Crippen LogP contribution in [0.4, 0.5) is 0 Å². The molecule has 0 saturated heterocycles. The van der Waals surface area contributed by atoms with Crippen molar-refractivity contribution in [3.63, 3.8) is 0 Å². The normalized spacial score (nSPS) is 10.4. The molecule has 0 saturated carbocycles. The zero-order chi connectivity index (χ0) is 15.4. The number of carbonyl (C=O) groups excluding carboxylic acids is 1. The van der Waals surface area contributed by atoms with E-state index >= 15 is 0 Å². The van der Waals surface area contributed by atoms with Gasteiger partial charge in [-0.3, -0.25) is 4.79 Å². The molecule has 0 fully saturated rings. The van der Waals surface area contributed by atoms with E-state index < -0.39 is 0 Å². The lowest BCUT2D eigenvalue weighted by Crippen LogP contribution is -2.22. The summed E-state index contributed by atoms with van der Waals surface area (Å²) in [6.45, 7) is 0.448. The summed E-state index contributed by atoms with van der Waals surface area (Å²) in [5, 5.41) is 11.2. The predicted octanol–water partition coefficient (Wildman–Crippen LogP) is 2.85. The highest BCUT2D eigenvalue weighted by Gasteiger charge is 2.07. The van der Waals surface area contributed by atoms with Gasteiger partial charge in [-0.1, -0.05) is 35.0 Å². The lowest BCUT2D eigenvalue weighted by atomic mass is 10.1. The number of hydrogen-bond acceptors (Lipinski definition) is 3. The summed E-state index contributed by atoms with van der Waals surface area (Å²) in [5.41, 5.74) is 2.35. The molecule has 0 radical (unpaired) electrons. The van der Waals surface area contributed by atoms with E-state index in [-0.39, 0.29) is 5.91 Å². The van der Waals surface area contributed by atoms with Gasteiger partial charge in [0, 0.05) is 17.1 Å². The Balaban J connectivity index is 1.70. The first kappa shape index (κ1) is 14.3. The van der Waals surface area contributed by atoms with Crippen LogP contribution < -0.4 is 5.32 Å². The molecular weight excluding hydrogens is 300 g/mol. The third kappa shape index (κ3) is 3.32. The van der Waals surface area contributed by atoms with Crippen molar-refractivity contribution < 1.29 is 4.79 Å². The number of carbonyl (C=O) groups is 1. The maximum atomic E-state index is 12.2. The van der Waals surface area contributed by atoms with Gasteiger partial charge >= 0.3 is 0 Å². The van der Waals surface area contributed by atoms with Crippen LogP contribution in [0.3, 0.4) is 0 Å². The van der Waals surface area contributed by atoms with E-state index in [1.807, 2.05) is 24.3 Å². The lowest BCUT2D eigenvalue weighted by molar-refractivity contribution is 0.0951. The molecule has 6 heteroatoms. The second kappa shape index (κ2) is 6.41. The van der Waals surface area contributed by atoms with Crippen molar-refractivity contribution in [2.24, 2.45) is 0 Å². The van der Waals surface area contributed by atoms with Gasteiger partial charge in [-0.25, -0.2) is 4.68 Å². The molecule has 0 spiro atoms. The molecule has 22 heavy (non-hydrogen) atoms. The topological polar surface area (TPSA) is 59.8 Å².